The standard InChI is InChI=1S/C10H11ClO2/c1-6-3-4-9(13)8(10(6)11)5-7(2)12/h3-4,13H,5H2,1-2H3. The van der Waals surface area contributed by atoms with Crippen molar-refractivity contribution in [3.05, 3.63) is 28.3 Å². The van der Waals surface area contributed by atoms with Crippen molar-refractivity contribution < 1.29 is 9.90 Å². The van der Waals surface area contributed by atoms with E-state index in [2.05, 4.69) is 0 Å². The van der Waals surface area contributed by atoms with Crippen LogP contribution in [0.4, 0.5) is 0 Å². The van der Waals surface area contributed by atoms with Gasteiger partial charge in [-0.3, -0.25) is 4.79 Å². The van der Waals surface area contributed by atoms with Gasteiger partial charge in [0.2, 0.25) is 0 Å². The molecule has 13 heavy (non-hydrogen) atoms. The highest BCUT2D eigenvalue weighted by molar-refractivity contribution is 6.32. The van der Waals surface area contributed by atoms with Crippen molar-refractivity contribution in [3.8, 4) is 5.75 Å². The lowest BCUT2D eigenvalue weighted by atomic mass is 10.1. The van der Waals surface area contributed by atoms with Gasteiger partial charge in [-0.15, -0.1) is 0 Å². The van der Waals surface area contributed by atoms with Crippen LogP contribution >= 0.6 is 11.6 Å². The Balaban J connectivity index is 3.17. The fourth-order valence-electron chi connectivity index (χ4n) is 1.15. The third kappa shape index (κ3) is 2.22. The number of Topliss-reactive ketones (excluding diaryl/α,β-unsaturated/α-hetero) is 1. The van der Waals surface area contributed by atoms with Crippen LogP contribution in [0.1, 0.15) is 18.1 Å². The van der Waals surface area contributed by atoms with E-state index in [-0.39, 0.29) is 18.0 Å². The lowest BCUT2D eigenvalue weighted by Gasteiger charge is -2.07. The molecule has 0 atom stereocenters. The van der Waals surface area contributed by atoms with Crippen LogP contribution in [0.15, 0.2) is 12.1 Å². The molecule has 0 aromatic heterocycles. The van der Waals surface area contributed by atoms with Gasteiger partial charge in [0, 0.05) is 12.0 Å². The first-order chi connectivity index (χ1) is 6.02. The average Bonchev–Trinajstić information content (AvgIpc) is 2.05. The zero-order valence-corrected chi connectivity index (χ0v) is 8.35. The Morgan fingerprint density at radius 1 is 1.54 bits per heavy atom. The smallest absolute Gasteiger partial charge is 0.134 e. The number of carbonyl (C=O) groups is 1. The second-order valence-electron chi connectivity index (χ2n) is 3.07. The molecule has 0 aliphatic carbocycles. The van der Waals surface area contributed by atoms with Crippen molar-refractivity contribution in [2.45, 2.75) is 20.3 Å². The molecule has 3 heteroatoms. The van der Waals surface area contributed by atoms with Crippen LogP contribution in [0.25, 0.3) is 0 Å². The van der Waals surface area contributed by atoms with E-state index in [1.54, 1.807) is 12.1 Å². The number of aryl methyl sites for hydroxylation is 1. The van der Waals surface area contributed by atoms with E-state index < -0.39 is 0 Å². The van der Waals surface area contributed by atoms with Crippen LogP contribution in [0, 0.1) is 6.92 Å². The highest BCUT2D eigenvalue weighted by Gasteiger charge is 2.10. The quantitative estimate of drug-likeness (QED) is 0.793. The molecular weight excluding hydrogens is 188 g/mol. The summed E-state index contributed by atoms with van der Waals surface area (Å²) >= 11 is 5.93. The van der Waals surface area contributed by atoms with E-state index in [4.69, 9.17) is 11.6 Å². The summed E-state index contributed by atoms with van der Waals surface area (Å²) < 4.78 is 0. The normalized spacial score (nSPS) is 10.1. The summed E-state index contributed by atoms with van der Waals surface area (Å²) in [7, 11) is 0. The monoisotopic (exact) mass is 198 g/mol. The summed E-state index contributed by atoms with van der Waals surface area (Å²) in [4.78, 5) is 10.9. The van der Waals surface area contributed by atoms with Crippen LogP contribution in [0.2, 0.25) is 5.02 Å². The fraction of sp³-hybridized carbons (Fsp3) is 0.300. The molecule has 0 aliphatic rings. The number of halogens is 1. The van der Waals surface area contributed by atoms with Gasteiger partial charge in [0.15, 0.2) is 0 Å². The molecule has 0 unspecified atom stereocenters. The molecule has 1 N–H and O–H groups in total. The Kier molecular flexibility index (Phi) is 2.94. The predicted molar refractivity (Wildman–Crippen MR) is 52.2 cm³/mol. The van der Waals surface area contributed by atoms with Gasteiger partial charge in [-0.2, -0.15) is 0 Å². The fourth-order valence-corrected chi connectivity index (χ4v) is 1.37. The predicted octanol–water partition coefficient (Wildman–Crippen LogP) is 2.49. The number of aromatic hydroxyl groups is 1. The van der Waals surface area contributed by atoms with Gasteiger partial charge in [-0.1, -0.05) is 17.7 Å². The van der Waals surface area contributed by atoms with E-state index in [1.165, 1.54) is 6.92 Å². The van der Waals surface area contributed by atoms with Gasteiger partial charge in [0.25, 0.3) is 0 Å². The minimum Gasteiger partial charge on any atom is -0.508 e. The zero-order chi connectivity index (χ0) is 10.0. The lowest BCUT2D eigenvalue weighted by molar-refractivity contribution is -0.116. The summed E-state index contributed by atoms with van der Waals surface area (Å²) in [6.07, 6.45) is 0.187. The molecule has 0 saturated heterocycles. The molecule has 1 aromatic rings. The van der Waals surface area contributed by atoms with Crippen molar-refractivity contribution in [2.75, 3.05) is 0 Å². The Bertz CT molecular complexity index is 345. The largest absolute Gasteiger partial charge is 0.508 e. The number of ketones is 1. The van der Waals surface area contributed by atoms with Gasteiger partial charge in [0.05, 0.1) is 5.02 Å². The van der Waals surface area contributed by atoms with E-state index in [0.717, 1.165) is 5.56 Å². The summed E-state index contributed by atoms with van der Waals surface area (Å²) in [6.45, 7) is 3.31. The minimum atomic E-state index is -0.0113. The third-order valence-electron chi connectivity index (χ3n) is 1.84. The Morgan fingerprint density at radius 3 is 2.69 bits per heavy atom. The van der Waals surface area contributed by atoms with E-state index in [1.807, 2.05) is 6.92 Å². The number of hydrogen-bond donors (Lipinski definition) is 1. The number of hydrogen-bond acceptors (Lipinski definition) is 2. The van der Waals surface area contributed by atoms with Crippen LogP contribution in [0.3, 0.4) is 0 Å². The molecule has 0 saturated carbocycles. The molecule has 0 bridgehead atoms. The van der Waals surface area contributed by atoms with E-state index in [0.29, 0.717) is 10.6 Å². The third-order valence-corrected chi connectivity index (χ3v) is 2.36. The average molecular weight is 199 g/mol. The van der Waals surface area contributed by atoms with Crippen molar-refractivity contribution >= 4 is 17.4 Å². The minimum absolute atomic E-state index is 0.0113. The summed E-state index contributed by atoms with van der Waals surface area (Å²) in [5.74, 6) is 0.0774. The van der Waals surface area contributed by atoms with Gasteiger partial charge >= 0.3 is 0 Å². The van der Waals surface area contributed by atoms with Crippen molar-refractivity contribution in [1.82, 2.24) is 0 Å². The molecule has 0 amide bonds. The van der Waals surface area contributed by atoms with Crippen molar-refractivity contribution in [3.63, 3.8) is 0 Å². The SMILES string of the molecule is CC(=O)Cc1c(O)ccc(C)c1Cl. The molecule has 0 spiro atoms. The van der Waals surface area contributed by atoms with Crippen LogP contribution in [-0.4, -0.2) is 10.9 Å². The highest BCUT2D eigenvalue weighted by atomic mass is 35.5. The summed E-state index contributed by atoms with van der Waals surface area (Å²) in [6, 6.07) is 3.28. The molecule has 1 aromatic carbocycles. The zero-order valence-electron chi connectivity index (χ0n) is 7.60. The first-order valence-corrected chi connectivity index (χ1v) is 4.36. The van der Waals surface area contributed by atoms with E-state index >= 15 is 0 Å². The lowest BCUT2D eigenvalue weighted by Crippen LogP contribution is -1.98. The number of carbonyl (C=O) groups excluding carboxylic acids is 1. The first kappa shape index (κ1) is 10.1. The Morgan fingerprint density at radius 2 is 2.15 bits per heavy atom. The Labute approximate surface area is 82.2 Å². The molecule has 0 fully saturated rings. The molecule has 2 nitrogen and oxygen atoms in total. The van der Waals surface area contributed by atoms with E-state index in [9.17, 15) is 9.90 Å². The molecule has 0 aliphatic heterocycles. The number of phenols is 1. The Hall–Kier alpha value is -1.02. The van der Waals surface area contributed by atoms with Gasteiger partial charge in [-0.05, 0) is 25.5 Å². The first-order valence-electron chi connectivity index (χ1n) is 3.98. The number of phenolic OH excluding ortho intramolecular Hbond substituents is 1. The molecule has 0 heterocycles. The highest BCUT2D eigenvalue weighted by Crippen LogP contribution is 2.29. The number of rotatable bonds is 2. The van der Waals surface area contributed by atoms with Gasteiger partial charge < -0.3 is 5.11 Å². The summed E-state index contributed by atoms with van der Waals surface area (Å²) in [5, 5.41) is 9.91. The molecular formula is C10H11ClO2. The van der Waals surface area contributed by atoms with Crippen LogP contribution < -0.4 is 0 Å². The topological polar surface area (TPSA) is 37.3 Å². The molecule has 0 radical (unpaired) electrons. The van der Waals surface area contributed by atoms with Crippen molar-refractivity contribution in [2.24, 2.45) is 0 Å². The molecule has 70 valence electrons. The number of benzene rings is 1. The van der Waals surface area contributed by atoms with Crippen LogP contribution in [-0.2, 0) is 11.2 Å². The summed E-state index contributed by atoms with van der Waals surface area (Å²) in [5.41, 5.74) is 1.39. The van der Waals surface area contributed by atoms with Gasteiger partial charge in [-0.25, -0.2) is 0 Å². The van der Waals surface area contributed by atoms with Crippen LogP contribution in [0.5, 0.6) is 5.75 Å². The maximum absolute atomic E-state index is 10.9. The second kappa shape index (κ2) is 3.79. The maximum Gasteiger partial charge on any atom is 0.134 e. The van der Waals surface area contributed by atoms with Gasteiger partial charge in [0.1, 0.15) is 11.5 Å². The second-order valence-corrected chi connectivity index (χ2v) is 3.45. The van der Waals surface area contributed by atoms with Crippen molar-refractivity contribution in [1.29, 1.82) is 0 Å². The molecule has 1 rings (SSSR count). The maximum atomic E-state index is 10.9.